The van der Waals surface area contributed by atoms with Crippen LogP contribution in [-0.2, 0) is 6.42 Å². The first-order valence-electron chi connectivity index (χ1n) is 7.60. The SMILES string of the molecule is O=C(NC1CCCc2c1[nH]c1c(Cl)cccc21)c1cnccn1. The van der Waals surface area contributed by atoms with E-state index >= 15 is 0 Å². The van der Waals surface area contributed by atoms with Crippen LogP contribution >= 0.6 is 11.6 Å². The number of benzene rings is 1. The highest BCUT2D eigenvalue weighted by molar-refractivity contribution is 6.35. The summed E-state index contributed by atoms with van der Waals surface area (Å²) in [4.78, 5) is 23.8. The van der Waals surface area contributed by atoms with Gasteiger partial charge in [0.05, 0.1) is 22.8 Å². The number of rotatable bonds is 2. The van der Waals surface area contributed by atoms with E-state index in [0.717, 1.165) is 35.9 Å². The molecule has 0 aliphatic heterocycles. The summed E-state index contributed by atoms with van der Waals surface area (Å²) in [5.74, 6) is -0.208. The molecule has 1 aromatic carbocycles. The number of hydrogen-bond donors (Lipinski definition) is 2. The molecular weight excluding hydrogens is 312 g/mol. The number of nitrogens with zero attached hydrogens (tertiary/aromatic N) is 2. The third kappa shape index (κ3) is 2.47. The number of para-hydroxylation sites is 1. The Morgan fingerprint density at radius 1 is 1.35 bits per heavy atom. The molecular formula is C17H15ClN4O. The molecule has 1 aliphatic rings. The van der Waals surface area contributed by atoms with Gasteiger partial charge in [-0.1, -0.05) is 23.7 Å². The van der Waals surface area contributed by atoms with E-state index in [9.17, 15) is 4.79 Å². The lowest BCUT2D eigenvalue weighted by Crippen LogP contribution is -2.31. The zero-order valence-electron chi connectivity index (χ0n) is 12.3. The van der Waals surface area contributed by atoms with Crippen LogP contribution in [0.25, 0.3) is 10.9 Å². The van der Waals surface area contributed by atoms with E-state index in [-0.39, 0.29) is 11.9 Å². The first-order chi connectivity index (χ1) is 11.2. The van der Waals surface area contributed by atoms with Crippen LogP contribution in [0.3, 0.4) is 0 Å². The monoisotopic (exact) mass is 326 g/mol. The molecule has 1 atom stereocenters. The minimum atomic E-state index is -0.208. The zero-order valence-corrected chi connectivity index (χ0v) is 13.1. The molecule has 3 aromatic rings. The van der Waals surface area contributed by atoms with E-state index in [1.807, 2.05) is 12.1 Å². The number of aromatic nitrogens is 3. The fraction of sp³-hybridized carbons (Fsp3) is 0.235. The number of aryl methyl sites for hydroxylation is 1. The van der Waals surface area contributed by atoms with E-state index in [1.165, 1.54) is 18.0 Å². The Bertz CT molecular complexity index is 875. The third-order valence-corrected chi connectivity index (χ3v) is 4.61. The Hall–Kier alpha value is -2.40. The number of fused-ring (bicyclic) bond motifs is 3. The van der Waals surface area contributed by atoms with Gasteiger partial charge in [0, 0.05) is 23.5 Å². The molecule has 4 rings (SSSR count). The normalized spacial score (nSPS) is 17.0. The van der Waals surface area contributed by atoms with Crippen LogP contribution in [0, 0.1) is 0 Å². The second kappa shape index (κ2) is 5.66. The van der Waals surface area contributed by atoms with Gasteiger partial charge >= 0.3 is 0 Å². The van der Waals surface area contributed by atoms with Crippen LogP contribution < -0.4 is 5.32 Å². The Morgan fingerprint density at radius 3 is 3.09 bits per heavy atom. The van der Waals surface area contributed by atoms with E-state index in [4.69, 9.17) is 11.6 Å². The molecule has 0 bridgehead atoms. The van der Waals surface area contributed by atoms with Crippen LogP contribution in [0.4, 0.5) is 0 Å². The number of carbonyl (C=O) groups is 1. The number of amides is 1. The predicted octanol–water partition coefficient (Wildman–Crippen LogP) is 3.42. The van der Waals surface area contributed by atoms with E-state index in [0.29, 0.717) is 10.7 Å². The van der Waals surface area contributed by atoms with Crippen molar-refractivity contribution in [3.8, 4) is 0 Å². The average molecular weight is 327 g/mol. The van der Waals surface area contributed by atoms with Gasteiger partial charge in [-0.3, -0.25) is 9.78 Å². The highest BCUT2D eigenvalue weighted by Gasteiger charge is 2.26. The Morgan fingerprint density at radius 2 is 2.26 bits per heavy atom. The maximum absolute atomic E-state index is 12.4. The van der Waals surface area contributed by atoms with Crippen molar-refractivity contribution in [2.75, 3.05) is 0 Å². The van der Waals surface area contributed by atoms with Crippen LogP contribution in [0.2, 0.25) is 5.02 Å². The topological polar surface area (TPSA) is 70.7 Å². The first-order valence-corrected chi connectivity index (χ1v) is 7.97. The zero-order chi connectivity index (χ0) is 15.8. The molecule has 0 fully saturated rings. The highest BCUT2D eigenvalue weighted by atomic mass is 35.5. The van der Waals surface area contributed by atoms with Crippen molar-refractivity contribution in [3.05, 3.63) is 58.8 Å². The Balaban J connectivity index is 1.69. The maximum atomic E-state index is 12.4. The lowest BCUT2D eigenvalue weighted by Gasteiger charge is -2.23. The van der Waals surface area contributed by atoms with Crippen molar-refractivity contribution in [1.29, 1.82) is 0 Å². The fourth-order valence-corrected chi connectivity index (χ4v) is 3.47. The Kier molecular flexibility index (Phi) is 3.50. The maximum Gasteiger partial charge on any atom is 0.272 e. The fourth-order valence-electron chi connectivity index (χ4n) is 3.24. The summed E-state index contributed by atoms with van der Waals surface area (Å²) in [6, 6.07) is 5.85. The van der Waals surface area contributed by atoms with Gasteiger partial charge in [0.1, 0.15) is 5.69 Å². The van der Waals surface area contributed by atoms with Crippen LogP contribution in [0.1, 0.15) is 40.6 Å². The van der Waals surface area contributed by atoms with Gasteiger partial charge in [0.25, 0.3) is 5.91 Å². The van der Waals surface area contributed by atoms with E-state index in [2.05, 4.69) is 26.3 Å². The summed E-state index contributed by atoms with van der Waals surface area (Å²) in [7, 11) is 0. The second-order valence-corrected chi connectivity index (χ2v) is 6.10. The first kappa shape index (κ1) is 14.2. The summed E-state index contributed by atoms with van der Waals surface area (Å²) in [6.45, 7) is 0. The predicted molar refractivity (Wildman–Crippen MR) is 88.5 cm³/mol. The summed E-state index contributed by atoms with van der Waals surface area (Å²) >= 11 is 6.29. The number of H-pyrrole nitrogens is 1. The molecule has 5 nitrogen and oxygen atoms in total. The molecule has 0 spiro atoms. The standard InChI is InChI=1S/C17H15ClN4O/c18-12-5-1-3-10-11-4-2-6-13(16(11)22-15(10)12)21-17(23)14-9-19-7-8-20-14/h1,3,5,7-9,13,22H,2,4,6H2,(H,21,23). The second-order valence-electron chi connectivity index (χ2n) is 5.69. The molecule has 0 saturated carbocycles. The molecule has 0 radical (unpaired) electrons. The average Bonchev–Trinajstić information content (AvgIpc) is 2.97. The van der Waals surface area contributed by atoms with Crippen molar-refractivity contribution >= 4 is 28.4 Å². The Labute approximate surface area is 138 Å². The number of nitrogens with one attached hydrogen (secondary N) is 2. The lowest BCUT2D eigenvalue weighted by molar-refractivity contribution is 0.0926. The van der Waals surface area contributed by atoms with E-state index in [1.54, 1.807) is 6.20 Å². The summed E-state index contributed by atoms with van der Waals surface area (Å²) in [5.41, 5.74) is 3.57. The van der Waals surface area contributed by atoms with Gasteiger partial charge in [-0.25, -0.2) is 4.98 Å². The van der Waals surface area contributed by atoms with Crippen molar-refractivity contribution < 1.29 is 4.79 Å². The van der Waals surface area contributed by atoms with Crippen molar-refractivity contribution in [1.82, 2.24) is 20.3 Å². The van der Waals surface area contributed by atoms with Crippen LogP contribution in [-0.4, -0.2) is 20.9 Å². The van der Waals surface area contributed by atoms with Gasteiger partial charge in [-0.2, -0.15) is 0 Å². The van der Waals surface area contributed by atoms with Crippen LogP contribution in [0.15, 0.2) is 36.8 Å². The van der Waals surface area contributed by atoms with Crippen molar-refractivity contribution in [2.45, 2.75) is 25.3 Å². The largest absolute Gasteiger partial charge is 0.355 e. The van der Waals surface area contributed by atoms with Crippen molar-refractivity contribution in [3.63, 3.8) is 0 Å². The molecule has 2 N–H and O–H groups in total. The van der Waals surface area contributed by atoms with Crippen molar-refractivity contribution in [2.24, 2.45) is 0 Å². The van der Waals surface area contributed by atoms with Gasteiger partial charge in [-0.15, -0.1) is 0 Å². The number of halogens is 1. The van der Waals surface area contributed by atoms with Gasteiger partial charge in [-0.05, 0) is 30.9 Å². The molecule has 2 heterocycles. The molecule has 2 aromatic heterocycles. The summed E-state index contributed by atoms with van der Waals surface area (Å²) < 4.78 is 0. The molecule has 0 saturated heterocycles. The third-order valence-electron chi connectivity index (χ3n) is 4.29. The minimum absolute atomic E-state index is 0.0586. The molecule has 1 unspecified atom stereocenters. The smallest absolute Gasteiger partial charge is 0.272 e. The molecule has 1 amide bonds. The molecule has 1 aliphatic carbocycles. The molecule has 23 heavy (non-hydrogen) atoms. The van der Waals surface area contributed by atoms with Gasteiger partial charge in [0.15, 0.2) is 0 Å². The quantitative estimate of drug-likeness (QED) is 0.758. The highest BCUT2D eigenvalue weighted by Crippen LogP contribution is 2.36. The number of hydrogen-bond acceptors (Lipinski definition) is 3. The summed E-state index contributed by atoms with van der Waals surface area (Å²) in [6.07, 6.45) is 7.45. The summed E-state index contributed by atoms with van der Waals surface area (Å²) in [5, 5.41) is 4.90. The van der Waals surface area contributed by atoms with Gasteiger partial charge in [0.2, 0.25) is 0 Å². The number of aromatic amines is 1. The van der Waals surface area contributed by atoms with E-state index < -0.39 is 0 Å². The van der Waals surface area contributed by atoms with Crippen LogP contribution in [0.5, 0.6) is 0 Å². The minimum Gasteiger partial charge on any atom is -0.355 e. The molecule has 116 valence electrons. The van der Waals surface area contributed by atoms with Gasteiger partial charge < -0.3 is 10.3 Å². The molecule has 6 heteroatoms. The number of carbonyl (C=O) groups excluding carboxylic acids is 1. The lowest BCUT2D eigenvalue weighted by atomic mass is 9.91.